The Morgan fingerprint density at radius 3 is 1.91 bits per heavy atom. The molecule has 0 saturated carbocycles. The molecule has 1 N–H and O–H groups in total. The first kappa shape index (κ1) is 47.0. The van der Waals surface area contributed by atoms with Gasteiger partial charge in [0.05, 0.1) is 35.0 Å². The Morgan fingerprint density at radius 2 is 1.36 bits per heavy atom. The maximum absolute atomic E-state index is 13.3. The van der Waals surface area contributed by atoms with Crippen LogP contribution in [0.3, 0.4) is 0 Å². The van der Waals surface area contributed by atoms with Gasteiger partial charge in [0.1, 0.15) is 56.8 Å². The molecule has 5 aromatic rings. The van der Waals surface area contributed by atoms with Crippen LogP contribution < -0.4 is 29.2 Å². The molecule has 0 saturated heterocycles. The number of imidazole rings is 1. The maximum Gasteiger partial charge on any atom is 0.410 e. The highest BCUT2D eigenvalue weighted by molar-refractivity contribution is 5.95. The summed E-state index contributed by atoms with van der Waals surface area (Å²) in [6.07, 6.45) is 3.74. The second-order valence-corrected chi connectivity index (χ2v) is 17.8. The highest BCUT2D eigenvalue weighted by Gasteiger charge is 2.31. The number of ether oxygens (including phenoxy) is 6. The summed E-state index contributed by atoms with van der Waals surface area (Å²) in [7, 11) is 6.54. The van der Waals surface area contributed by atoms with Crippen LogP contribution in [0, 0.1) is 0 Å². The van der Waals surface area contributed by atoms with Crippen LogP contribution in [0.4, 0.5) is 15.4 Å². The average Bonchev–Trinajstić information content (AvgIpc) is 3.90. The first-order valence-electron chi connectivity index (χ1n) is 21.7. The van der Waals surface area contributed by atoms with Crippen molar-refractivity contribution in [2.45, 2.75) is 105 Å². The smallest absolute Gasteiger partial charge is 0.410 e. The molecular weight excluding hydrogens is 815 g/mol. The van der Waals surface area contributed by atoms with Crippen LogP contribution in [0.15, 0.2) is 66.7 Å². The summed E-state index contributed by atoms with van der Waals surface area (Å²) in [4.78, 5) is 35.0. The summed E-state index contributed by atoms with van der Waals surface area (Å²) >= 11 is 0. The third-order valence-electron chi connectivity index (χ3n) is 10.6. The SMILES string of the molecule is CCCCc1nc2c(N(Cc3ccc(OC)cc3OC)Cc3ccc(OC)cc3OC)nnc(C3=CCN(C(=O)OC(C)(C)C)C3)c2n1Cc1ccc(CNC(=O)OC(C)(C)C)cc1. The van der Waals surface area contributed by atoms with Crippen molar-refractivity contribution in [1.29, 1.82) is 0 Å². The van der Waals surface area contributed by atoms with Gasteiger partial charge < -0.3 is 48.1 Å². The van der Waals surface area contributed by atoms with E-state index in [1.807, 2.05) is 96.1 Å². The fraction of sp³-hybridized carbons (Fsp3) is 0.449. The number of methoxy groups -OCH3 is 4. The Bertz CT molecular complexity index is 2390. The largest absolute Gasteiger partial charge is 0.497 e. The standard InChI is InChI=1S/C49H63N7O8/c1-12-13-14-41-51-43-44(56(41)28-33-17-15-32(16-18-33)27-50-46(57)63-48(2,3)4)42(36-23-24-54(31-36)47(58)64-49(5,6)7)52-53-45(43)55(29-34-19-21-37(59-8)25-39(34)61-10)30-35-20-22-38(60-9)26-40(35)62-11/h15-23,25-26H,12-14,24,27-31H2,1-11H3,(H,50,57). The number of aryl methyl sites for hydroxylation is 1. The molecule has 64 heavy (non-hydrogen) atoms. The summed E-state index contributed by atoms with van der Waals surface area (Å²) in [6, 6.07) is 19.7. The third-order valence-corrected chi connectivity index (χ3v) is 10.6. The molecule has 1 aliphatic rings. The molecule has 0 atom stereocenters. The van der Waals surface area contributed by atoms with Gasteiger partial charge in [-0.1, -0.05) is 43.7 Å². The molecule has 3 heterocycles. The molecule has 15 heteroatoms. The number of anilines is 1. The van der Waals surface area contributed by atoms with Gasteiger partial charge in [0.2, 0.25) is 0 Å². The molecule has 0 aliphatic carbocycles. The molecule has 2 aromatic heterocycles. The van der Waals surface area contributed by atoms with E-state index in [1.165, 1.54) is 0 Å². The zero-order chi connectivity index (χ0) is 46.2. The van der Waals surface area contributed by atoms with Crippen LogP contribution in [0.5, 0.6) is 23.0 Å². The topological polar surface area (TPSA) is 152 Å². The van der Waals surface area contributed by atoms with Crippen LogP contribution >= 0.6 is 0 Å². The van der Waals surface area contributed by atoms with Gasteiger partial charge in [-0.2, -0.15) is 0 Å². The van der Waals surface area contributed by atoms with E-state index in [-0.39, 0.29) is 0 Å². The predicted molar refractivity (Wildman–Crippen MR) is 247 cm³/mol. The molecule has 0 fully saturated rings. The number of fused-ring (bicyclic) bond motifs is 1. The van der Waals surface area contributed by atoms with Gasteiger partial charge in [-0.25, -0.2) is 14.6 Å². The number of nitrogens with zero attached hydrogens (tertiary/aromatic N) is 6. The minimum absolute atomic E-state index is 0.294. The van der Waals surface area contributed by atoms with E-state index in [1.54, 1.807) is 33.3 Å². The van der Waals surface area contributed by atoms with Gasteiger partial charge in [-0.05, 0) is 88.9 Å². The quantitative estimate of drug-likeness (QED) is 0.0949. The fourth-order valence-electron chi connectivity index (χ4n) is 7.42. The summed E-state index contributed by atoms with van der Waals surface area (Å²) in [5.41, 5.74) is 5.48. The van der Waals surface area contributed by atoms with E-state index < -0.39 is 23.4 Å². The fourth-order valence-corrected chi connectivity index (χ4v) is 7.42. The van der Waals surface area contributed by atoms with Crippen LogP contribution in [0.2, 0.25) is 0 Å². The Balaban J connectivity index is 1.49. The molecule has 0 unspecified atom stereocenters. The maximum atomic E-state index is 13.3. The molecule has 15 nitrogen and oxygen atoms in total. The lowest BCUT2D eigenvalue weighted by Crippen LogP contribution is -2.35. The Hall–Kier alpha value is -6.51. The summed E-state index contributed by atoms with van der Waals surface area (Å²) < 4.78 is 36.3. The molecule has 0 bridgehead atoms. The number of benzene rings is 3. The molecule has 3 aromatic carbocycles. The monoisotopic (exact) mass is 877 g/mol. The Labute approximate surface area is 376 Å². The highest BCUT2D eigenvalue weighted by Crippen LogP contribution is 2.37. The summed E-state index contributed by atoms with van der Waals surface area (Å²) in [5, 5.41) is 12.9. The normalized spacial score (nSPS) is 12.8. The third kappa shape index (κ3) is 11.7. The van der Waals surface area contributed by atoms with Crippen LogP contribution in [0.25, 0.3) is 16.6 Å². The van der Waals surface area contributed by atoms with Crippen molar-refractivity contribution < 1.29 is 38.0 Å². The number of amides is 2. The number of unbranched alkanes of at least 4 members (excludes halogenated alkanes) is 1. The van der Waals surface area contributed by atoms with Crippen molar-refractivity contribution in [1.82, 2.24) is 30.0 Å². The molecule has 342 valence electrons. The number of aromatic nitrogens is 4. The van der Waals surface area contributed by atoms with Crippen molar-refractivity contribution in [2.24, 2.45) is 0 Å². The second kappa shape index (κ2) is 20.3. The van der Waals surface area contributed by atoms with Crippen LogP contribution in [-0.2, 0) is 42.1 Å². The van der Waals surface area contributed by atoms with Crippen molar-refractivity contribution >= 4 is 34.6 Å². The van der Waals surface area contributed by atoms with Crippen molar-refractivity contribution in [2.75, 3.05) is 46.4 Å². The van der Waals surface area contributed by atoms with Crippen LogP contribution in [0.1, 0.15) is 95.1 Å². The zero-order valence-electron chi connectivity index (χ0n) is 39.2. The minimum atomic E-state index is -0.648. The molecule has 2 amide bonds. The average molecular weight is 878 g/mol. The van der Waals surface area contributed by atoms with Gasteiger partial charge in [0.15, 0.2) is 5.82 Å². The number of carbonyl (C=O) groups excluding carboxylic acids is 2. The van der Waals surface area contributed by atoms with Crippen molar-refractivity contribution in [3.63, 3.8) is 0 Å². The zero-order valence-corrected chi connectivity index (χ0v) is 39.2. The van der Waals surface area contributed by atoms with E-state index in [9.17, 15) is 9.59 Å². The number of nitrogens with one attached hydrogen (secondary N) is 1. The van der Waals surface area contributed by atoms with Gasteiger partial charge >= 0.3 is 12.2 Å². The number of hydrogen-bond donors (Lipinski definition) is 1. The summed E-state index contributed by atoms with van der Waals surface area (Å²) in [5.74, 6) is 4.11. The highest BCUT2D eigenvalue weighted by atomic mass is 16.6. The van der Waals surface area contributed by atoms with E-state index in [2.05, 4.69) is 33.8 Å². The van der Waals surface area contributed by atoms with Gasteiger partial charge in [0.25, 0.3) is 0 Å². The lowest BCUT2D eigenvalue weighted by Gasteiger charge is -2.26. The molecule has 0 spiro atoms. The summed E-state index contributed by atoms with van der Waals surface area (Å²) in [6.45, 7) is 15.5. The number of hydrogen-bond acceptors (Lipinski definition) is 12. The number of carbonyl (C=O) groups is 2. The molecular formula is C49H63N7O8. The van der Waals surface area contributed by atoms with E-state index >= 15 is 0 Å². The predicted octanol–water partition coefficient (Wildman–Crippen LogP) is 9.12. The van der Waals surface area contributed by atoms with E-state index in [4.69, 9.17) is 43.6 Å². The molecule has 1 aliphatic heterocycles. The lowest BCUT2D eigenvalue weighted by atomic mass is 10.1. The van der Waals surface area contributed by atoms with Crippen LogP contribution in [-0.4, -0.2) is 89.6 Å². The Morgan fingerprint density at radius 1 is 0.766 bits per heavy atom. The first-order chi connectivity index (χ1) is 30.5. The minimum Gasteiger partial charge on any atom is -0.497 e. The van der Waals surface area contributed by atoms with Gasteiger partial charge in [-0.15, -0.1) is 10.2 Å². The van der Waals surface area contributed by atoms with E-state index in [0.717, 1.165) is 52.0 Å². The van der Waals surface area contributed by atoms with Crippen molar-refractivity contribution in [3.05, 3.63) is 101 Å². The first-order valence-corrected chi connectivity index (χ1v) is 21.7. The van der Waals surface area contributed by atoms with Gasteiger partial charge in [0, 0.05) is 62.4 Å². The lowest BCUT2D eigenvalue weighted by molar-refractivity contribution is 0.0305. The second-order valence-electron chi connectivity index (χ2n) is 17.8. The number of rotatable bonds is 17. The Kier molecular flexibility index (Phi) is 14.9. The van der Waals surface area contributed by atoms with E-state index in [0.29, 0.717) is 85.7 Å². The van der Waals surface area contributed by atoms with Gasteiger partial charge in [-0.3, -0.25) is 0 Å². The number of alkyl carbamates (subject to hydrolysis) is 1. The molecule has 6 rings (SSSR count). The van der Waals surface area contributed by atoms with Crippen molar-refractivity contribution in [3.8, 4) is 23.0 Å². The molecule has 0 radical (unpaired) electrons.